The first-order chi connectivity index (χ1) is 7.58. The molecule has 6 nitrogen and oxygen atoms in total. The van der Waals surface area contributed by atoms with E-state index in [1.165, 1.54) is 13.2 Å². The van der Waals surface area contributed by atoms with Crippen molar-refractivity contribution in [1.29, 1.82) is 5.26 Å². The molecule has 1 aromatic rings. The van der Waals surface area contributed by atoms with Crippen LogP contribution in [0.25, 0.3) is 0 Å². The molecule has 0 spiro atoms. The van der Waals surface area contributed by atoms with E-state index in [9.17, 15) is 14.9 Å². The number of hydrogen-bond donors (Lipinski definition) is 0. The molecule has 0 radical (unpaired) electrons. The highest BCUT2D eigenvalue weighted by Gasteiger charge is 2.20. The highest BCUT2D eigenvalue weighted by Crippen LogP contribution is 2.37. The second-order valence-electron chi connectivity index (χ2n) is 2.52. The number of thiophene rings is 1. The molecular formula is C8H6N2O4S2. The maximum atomic E-state index is 10.9. The third-order valence-electron chi connectivity index (χ3n) is 1.54. The largest absolute Gasteiger partial charge is 0.468 e. The summed E-state index contributed by atoms with van der Waals surface area (Å²) in [6, 6.07) is 3.03. The third-order valence-corrected chi connectivity index (χ3v) is 3.81. The number of ether oxygens (including phenoxy) is 1. The van der Waals surface area contributed by atoms with E-state index in [1.807, 2.05) is 6.07 Å². The first-order valence-corrected chi connectivity index (χ1v) is 5.76. The molecule has 1 aromatic heterocycles. The summed E-state index contributed by atoms with van der Waals surface area (Å²) < 4.78 is 4.76. The first-order valence-electron chi connectivity index (χ1n) is 3.96. The number of carbonyl (C=O) groups is 1. The molecule has 0 amide bonds. The number of thioether (sulfide) groups is 1. The fraction of sp³-hybridized carbons (Fsp3) is 0.250. The predicted molar refractivity (Wildman–Crippen MR) is 58.4 cm³/mol. The van der Waals surface area contributed by atoms with Gasteiger partial charge in [0, 0.05) is 6.07 Å². The van der Waals surface area contributed by atoms with Crippen LogP contribution in [0.15, 0.2) is 10.3 Å². The second-order valence-corrected chi connectivity index (χ2v) is 4.81. The van der Waals surface area contributed by atoms with Gasteiger partial charge in [0.2, 0.25) is 0 Å². The Morgan fingerprint density at radius 1 is 1.81 bits per heavy atom. The number of nitriles is 1. The van der Waals surface area contributed by atoms with Crippen molar-refractivity contribution in [3.05, 3.63) is 21.1 Å². The van der Waals surface area contributed by atoms with Crippen molar-refractivity contribution < 1.29 is 14.5 Å². The summed E-state index contributed by atoms with van der Waals surface area (Å²) in [5.74, 6) is -0.478. The topological polar surface area (TPSA) is 93.2 Å². The molecule has 1 heterocycles. The van der Waals surface area contributed by atoms with E-state index in [4.69, 9.17) is 5.26 Å². The molecule has 16 heavy (non-hydrogen) atoms. The van der Waals surface area contributed by atoms with E-state index in [0.717, 1.165) is 23.1 Å². The zero-order chi connectivity index (χ0) is 12.1. The minimum absolute atomic E-state index is 0.0112. The van der Waals surface area contributed by atoms with Gasteiger partial charge in [-0.2, -0.15) is 5.26 Å². The van der Waals surface area contributed by atoms with Crippen LogP contribution >= 0.6 is 23.1 Å². The molecular weight excluding hydrogens is 252 g/mol. The Morgan fingerprint density at radius 3 is 3.00 bits per heavy atom. The fourth-order valence-electron chi connectivity index (χ4n) is 0.834. The van der Waals surface area contributed by atoms with Gasteiger partial charge >= 0.3 is 5.97 Å². The number of nitrogens with zero attached hydrogens (tertiary/aromatic N) is 2. The summed E-state index contributed by atoms with van der Waals surface area (Å²) in [6.07, 6.45) is 0. The van der Waals surface area contributed by atoms with Crippen LogP contribution in [0.5, 0.6) is 0 Å². The first kappa shape index (κ1) is 12.5. The van der Waals surface area contributed by atoms with Gasteiger partial charge in [0.15, 0.2) is 0 Å². The number of hydrogen-bond acceptors (Lipinski definition) is 7. The molecule has 0 aliphatic heterocycles. The molecule has 0 aliphatic rings. The summed E-state index contributed by atoms with van der Waals surface area (Å²) in [5, 5.41) is 19.3. The summed E-state index contributed by atoms with van der Waals surface area (Å²) >= 11 is 1.99. The quantitative estimate of drug-likeness (QED) is 0.354. The van der Waals surface area contributed by atoms with Crippen molar-refractivity contribution in [3.63, 3.8) is 0 Å². The number of nitro groups is 1. The van der Waals surface area contributed by atoms with Crippen molar-refractivity contribution >= 4 is 34.8 Å². The molecule has 8 heteroatoms. The lowest BCUT2D eigenvalue weighted by Crippen LogP contribution is -2.02. The van der Waals surface area contributed by atoms with E-state index in [0.29, 0.717) is 4.21 Å². The molecule has 84 valence electrons. The molecule has 0 atom stereocenters. The van der Waals surface area contributed by atoms with Gasteiger partial charge in [0.25, 0.3) is 5.69 Å². The average Bonchev–Trinajstić information content (AvgIpc) is 2.69. The van der Waals surface area contributed by atoms with Gasteiger partial charge < -0.3 is 4.74 Å². The Hall–Kier alpha value is -1.59. The number of esters is 1. The van der Waals surface area contributed by atoms with Gasteiger partial charge in [-0.25, -0.2) is 0 Å². The van der Waals surface area contributed by atoms with E-state index < -0.39 is 10.9 Å². The highest BCUT2D eigenvalue weighted by molar-refractivity contribution is 8.01. The smallest absolute Gasteiger partial charge is 0.316 e. The van der Waals surface area contributed by atoms with Crippen LogP contribution in [0, 0.1) is 21.4 Å². The monoisotopic (exact) mass is 258 g/mol. The van der Waals surface area contributed by atoms with Crippen molar-refractivity contribution in [2.45, 2.75) is 4.21 Å². The summed E-state index contributed by atoms with van der Waals surface area (Å²) in [5.41, 5.74) is -0.143. The van der Waals surface area contributed by atoms with Gasteiger partial charge in [0.1, 0.15) is 15.2 Å². The Kier molecular flexibility index (Phi) is 4.28. The van der Waals surface area contributed by atoms with Crippen LogP contribution in [0.1, 0.15) is 4.88 Å². The summed E-state index contributed by atoms with van der Waals surface area (Å²) in [6.45, 7) is 0. The summed E-state index contributed by atoms with van der Waals surface area (Å²) in [7, 11) is 1.24. The zero-order valence-corrected chi connectivity index (χ0v) is 9.76. The van der Waals surface area contributed by atoms with Crippen molar-refractivity contribution in [1.82, 2.24) is 0 Å². The minimum atomic E-state index is -0.572. The van der Waals surface area contributed by atoms with E-state index in [1.54, 1.807) is 0 Å². The van der Waals surface area contributed by atoms with Gasteiger partial charge in [-0.1, -0.05) is 11.8 Å². The van der Waals surface area contributed by atoms with Crippen LogP contribution in [0.4, 0.5) is 5.69 Å². The maximum Gasteiger partial charge on any atom is 0.316 e. The lowest BCUT2D eigenvalue weighted by atomic mass is 10.4. The van der Waals surface area contributed by atoms with E-state index >= 15 is 0 Å². The lowest BCUT2D eigenvalue weighted by Gasteiger charge is -1.96. The van der Waals surface area contributed by atoms with E-state index in [-0.39, 0.29) is 16.3 Å². The molecule has 0 fully saturated rings. The van der Waals surface area contributed by atoms with E-state index in [2.05, 4.69) is 4.74 Å². The third kappa shape index (κ3) is 2.95. The SMILES string of the molecule is COC(=O)CSc1sc(C#N)cc1[N+](=O)[O-]. The Morgan fingerprint density at radius 2 is 2.50 bits per heavy atom. The van der Waals surface area contributed by atoms with Crippen LogP contribution < -0.4 is 0 Å². The average molecular weight is 258 g/mol. The molecule has 0 unspecified atom stereocenters. The van der Waals surface area contributed by atoms with Crippen LogP contribution in [0.3, 0.4) is 0 Å². The Bertz CT molecular complexity index is 463. The lowest BCUT2D eigenvalue weighted by molar-refractivity contribution is -0.387. The maximum absolute atomic E-state index is 10.9. The Balaban J connectivity index is 2.86. The van der Waals surface area contributed by atoms with Crippen molar-refractivity contribution in [3.8, 4) is 6.07 Å². The molecule has 0 bridgehead atoms. The molecule has 0 aliphatic carbocycles. The van der Waals surface area contributed by atoms with Crippen molar-refractivity contribution in [2.24, 2.45) is 0 Å². The Labute approximate surface area is 99.0 Å². The second kappa shape index (κ2) is 5.48. The van der Waals surface area contributed by atoms with Gasteiger partial charge in [0.05, 0.1) is 17.8 Å². The number of methoxy groups -OCH3 is 1. The minimum Gasteiger partial charge on any atom is -0.468 e. The molecule has 0 N–H and O–H groups in total. The van der Waals surface area contributed by atoms with Gasteiger partial charge in [-0.05, 0) is 0 Å². The number of rotatable bonds is 4. The van der Waals surface area contributed by atoms with Crippen LogP contribution in [-0.4, -0.2) is 23.8 Å². The normalized spacial score (nSPS) is 9.50. The molecule has 0 saturated heterocycles. The molecule has 0 saturated carbocycles. The zero-order valence-electron chi connectivity index (χ0n) is 8.13. The molecule has 0 aromatic carbocycles. The van der Waals surface area contributed by atoms with Gasteiger partial charge in [-0.15, -0.1) is 11.3 Å². The van der Waals surface area contributed by atoms with Crippen molar-refractivity contribution in [2.75, 3.05) is 12.9 Å². The predicted octanol–water partition coefficient (Wildman–Crippen LogP) is 1.79. The highest BCUT2D eigenvalue weighted by atomic mass is 32.2. The fourth-order valence-corrected chi connectivity index (χ4v) is 2.82. The van der Waals surface area contributed by atoms with Crippen LogP contribution in [0.2, 0.25) is 0 Å². The number of carbonyl (C=O) groups excluding carboxylic acids is 1. The van der Waals surface area contributed by atoms with Crippen LogP contribution in [-0.2, 0) is 9.53 Å². The summed E-state index contributed by atoms with van der Waals surface area (Å²) in [4.78, 5) is 21.2. The molecule has 1 rings (SSSR count). The van der Waals surface area contributed by atoms with Gasteiger partial charge in [-0.3, -0.25) is 14.9 Å². The standard InChI is InChI=1S/C8H6N2O4S2/c1-14-7(11)4-15-8-6(10(12)13)2-5(3-9)16-8/h2H,4H2,1H3.